The van der Waals surface area contributed by atoms with E-state index in [9.17, 15) is 5.11 Å². The molecule has 0 saturated heterocycles. The first-order valence-electron chi connectivity index (χ1n) is 19.8. The largest absolute Gasteiger partial charge is 0.508 e. The number of benzene rings is 2. The second kappa shape index (κ2) is 17.4. The lowest BCUT2D eigenvalue weighted by molar-refractivity contribution is 0.180. The fourth-order valence-corrected chi connectivity index (χ4v) is 8.72. The second-order valence-corrected chi connectivity index (χ2v) is 14.8. The van der Waals surface area contributed by atoms with Gasteiger partial charge in [-0.1, -0.05) is 50.2 Å². The van der Waals surface area contributed by atoms with Crippen molar-refractivity contribution in [2.75, 3.05) is 33.3 Å². The van der Waals surface area contributed by atoms with E-state index < -0.39 is 0 Å². The van der Waals surface area contributed by atoms with Gasteiger partial charge in [0.05, 0.1) is 30.5 Å². The Morgan fingerprint density at radius 2 is 1.19 bits per heavy atom. The molecule has 0 aliphatic heterocycles. The number of nitrogens with zero attached hydrogens (tertiary/aromatic N) is 6. The number of ether oxygens (including phenoxy) is 1. The van der Waals surface area contributed by atoms with Crippen molar-refractivity contribution in [3.05, 3.63) is 131 Å². The third-order valence-corrected chi connectivity index (χ3v) is 11.5. The van der Waals surface area contributed by atoms with Gasteiger partial charge in [0.15, 0.2) is 0 Å². The number of aromatic nitrogens is 4. The Labute approximate surface area is 315 Å². The fourth-order valence-electron chi connectivity index (χ4n) is 8.72. The summed E-state index contributed by atoms with van der Waals surface area (Å²) in [7, 11) is 1.79. The number of hydrogen-bond donors (Lipinski definition) is 1. The number of phenolic OH excluding ortho intramolecular Hbond substituents is 1. The van der Waals surface area contributed by atoms with Gasteiger partial charge in [-0.3, -0.25) is 9.80 Å². The highest BCUT2D eigenvalue weighted by Gasteiger charge is 2.27. The molecule has 0 spiro atoms. The van der Waals surface area contributed by atoms with E-state index in [1.807, 2.05) is 58.1 Å². The molecule has 8 nitrogen and oxygen atoms in total. The first-order chi connectivity index (χ1) is 26.1. The number of methoxy groups -OCH3 is 1. The zero-order valence-electron chi connectivity index (χ0n) is 31.8. The van der Waals surface area contributed by atoms with Crippen molar-refractivity contribution in [3.8, 4) is 11.5 Å². The van der Waals surface area contributed by atoms with Gasteiger partial charge in [0.2, 0.25) is 0 Å². The number of hydrogen-bond acceptors (Lipinski definition) is 6. The van der Waals surface area contributed by atoms with E-state index in [4.69, 9.17) is 4.74 Å². The summed E-state index contributed by atoms with van der Waals surface area (Å²) >= 11 is 0. The molecule has 6 aromatic rings. The van der Waals surface area contributed by atoms with Crippen LogP contribution in [0, 0.1) is 0 Å². The number of aryl methyl sites for hydroxylation is 2. The van der Waals surface area contributed by atoms with Crippen LogP contribution in [-0.2, 0) is 38.5 Å². The topological polar surface area (TPSA) is 70.5 Å². The third kappa shape index (κ3) is 8.45. The molecule has 53 heavy (non-hydrogen) atoms. The molecule has 0 bridgehead atoms. The summed E-state index contributed by atoms with van der Waals surface area (Å²) < 4.78 is 9.56. The van der Waals surface area contributed by atoms with Crippen molar-refractivity contribution in [2.45, 2.75) is 90.1 Å². The molecule has 8 heteroatoms. The predicted octanol–water partition coefficient (Wildman–Crippen LogP) is 8.01. The summed E-state index contributed by atoms with van der Waals surface area (Å²) in [6.07, 6.45) is 19.1. The van der Waals surface area contributed by atoms with Gasteiger partial charge in [0.25, 0.3) is 0 Å². The monoisotopic (exact) mass is 712 g/mol. The lowest BCUT2D eigenvalue weighted by atomic mass is 9.86. The van der Waals surface area contributed by atoms with Crippen molar-refractivity contribution >= 4 is 11.0 Å². The number of rotatable bonds is 13. The van der Waals surface area contributed by atoms with E-state index in [1.54, 1.807) is 7.11 Å². The number of fused-ring (bicyclic) bond motifs is 4. The summed E-state index contributed by atoms with van der Waals surface area (Å²) in [5.74, 6) is 1.52. The molecular weight excluding hydrogens is 657 g/mol. The second-order valence-electron chi connectivity index (χ2n) is 14.8. The van der Waals surface area contributed by atoms with E-state index in [0.29, 0.717) is 17.8 Å². The maximum atomic E-state index is 10.3. The van der Waals surface area contributed by atoms with Gasteiger partial charge in [-0.15, -0.1) is 0 Å². The van der Waals surface area contributed by atoms with Crippen molar-refractivity contribution in [2.24, 2.45) is 0 Å². The molecule has 4 aromatic heterocycles. The van der Waals surface area contributed by atoms with Gasteiger partial charge in [-0.2, -0.15) is 10.2 Å². The van der Waals surface area contributed by atoms with Crippen LogP contribution in [-0.4, -0.2) is 79.5 Å². The van der Waals surface area contributed by atoms with Crippen LogP contribution in [0.3, 0.4) is 0 Å². The quantitative estimate of drug-likeness (QED) is 0.131. The molecule has 0 fully saturated rings. The molecule has 8 rings (SSSR count). The molecule has 2 atom stereocenters. The molecule has 2 aromatic carbocycles. The summed E-state index contributed by atoms with van der Waals surface area (Å²) in [6.45, 7) is 8.90. The van der Waals surface area contributed by atoms with Crippen LogP contribution in [0.4, 0.5) is 0 Å². The summed E-state index contributed by atoms with van der Waals surface area (Å²) in [4.78, 5) is 5.30. The highest BCUT2D eigenvalue weighted by molar-refractivity contribution is 5.54. The molecule has 0 radical (unpaired) electrons. The highest BCUT2D eigenvalue weighted by Crippen LogP contribution is 2.33. The van der Waals surface area contributed by atoms with Gasteiger partial charge in [-0.25, -0.2) is 9.03 Å². The van der Waals surface area contributed by atoms with Crippen molar-refractivity contribution < 1.29 is 9.84 Å². The van der Waals surface area contributed by atoms with E-state index in [-0.39, 0.29) is 0 Å². The SMILES string of the molecule is CCCN(CCc1cnn2ccccc12)C1CCc2cccc(O)c2C1.CCCN(CCc1cnn2ccccc12)C1CCc2cccc(OC)c2C1. The molecule has 0 saturated carbocycles. The number of pyridine rings is 2. The van der Waals surface area contributed by atoms with E-state index in [2.05, 4.69) is 82.4 Å². The zero-order chi connectivity index (χ0) is 36.6. The molecule has 2 unspecified atom stereocenters. The summed E-state index contributed by atoms with van der Waals surface area (Å²) in [5, 5.41) is 19.2. The van der Waals surface area contributed by atoms with Crippen molar-refractivity contribution in [1.29, 1.82) is 0 Å². The first-order valence-corrected chi connectivity index (χ1v) is 19.8. The van der Waals surface area contributed by atoms with Gasteiger partial charge in [0, 0.05) is 37.6 Å². The maximum Gasteiger partial charge on any atom is 0.122 e. The number of phenols is 1. The van der Waals surface area contributed by atoms with Crippen LogP contribution in [0.1, 0.15) is 72.9 Å². The highest BCUT2D eigenvalue weighted by atomic mass is 16.5. The van der Waals surface area contributed by atoms with Crippen molar-refractivity contribution in [1.82, 2.24) is 29.0 Å². The van der Waals surface area contributed by atoms with Gasteiger partial charge in [-0.05, 0) is 147 Å². The minimum atomic E-state index is 0.464. The Hall–Kier alpha value is -4.66. The molecule has 0 amide bonds. The van der Waals surface area contributed by atoms with Gasteiger partial charge in [0.1, 0.15) is 11.5 Å². The Morgan fingerprint density at radius 1 is 0.660 bits per heavy atom. The van der Waals surface area contributed by atoms with Crippen LogP contribution < -0.4 is 4.74 Å². The minimum Gasteiger partial charge on any atom is -0.508 e. The smallest absolute Gasteiger partial charge is 0.122 e. The molecular formula is C45H56N6O2. The first kappa shape index (κ1) is 36.7. The van der Waals surface area contributed by atoms with Crippen LogP contribution in [0.2, 0.25) is 0 Å². The van der Waals surface area contributed by atoms with Gasteiger partial charge >= 0.3 is 0 Å². The Morgan fingerprint density at radius 3 is 1.74 bits per heavy atom. The lowest BCUT2D eigenvalue weighted by Gasteiger charge is -2.35. The fraction of sp³-hybridized carbons (Fsp3) is 0.422. The normalized spacial score (nSPS) is 16.8. The molecule has 278 valence electrons. The summed E-state index contributed by atoms with van der Waals surface area (Å²) in [5.41, 5.74) is 10.4. The van der Waals surface area contributed by atoms with Crippen LogP contribution in [0.15, 0.2) is 97.6 Å². The van der Waals surface area contributed by atoms with E-state index in [0.717, 1.165) is 82.4 Å². The number of aromatic hydroxyl groups is 1. The third-order valence-electron chi connectivity index (χ3n) is 11.5. The molecule has 1 N–H and O–H groups in total. The van der Waals surface area contributed by atoms with E-state index >= 15 is 0 Å². The zero-order valence-corrected chi connectivity index (χ0v) is 31.8. The average molecular weight is 713 g/mol. The molecule has 4 heterocycles. The Bertz CT molecular complexity index is 2070. The maximum absolute atomic E-state index is 10.3. The standard InChI is InChI=1S/C23H29N3O.C22H27N3O/c1-3-13-25(15-12-19-17-24-26-14-5-4-8-22(19)26)20-11-10-18-7-6-9-23(27-2)21(18)16-20;1-2-12-24(14-11-18-16-23-25-13-4-3-7-21(18)25)19-10-9-17-6-5-8-22(26)20(17)15-19/h4-9,14,17,20H,3,10-13,15-16H2,1-2H3;3-8,13,16,19,26H,2,9-12,14-15H2,1H3. The van der Waals surface area contributed by atoms with E-state index in [1.165, 1.54) is 58.1 Å². The van der Waals surface area contributed by atoms with Crippen LogP contribution in [0.5, 0.6) is 11.5 Å². The summed E-state index contributed by atoms with van der Waals surface area (Å²) in [6, 6.07) is 26.0. The molecule has 2 aliphatic rings. The Kier molecular flexibility index (Phi) is 12.1. The average Bonchev–Trinajstić information content (AvgIpc) is 3.82. The Balaban J connectivity index is 0.000000164. The van der Waals surface area contributed by atoms with Crippen LogP contribution >= 0.6 is 0 Å². The van der Waals surface area contributed by atoms with Crippen LogP contribution in [0.25, 0.3) is 11.0 Å². The van der Waals surface area contributed by atoms with Gasteiger partial charge < -0.3 is 9.84 Å². The minimum absolute atomic E-state index is 0.464. The van der Waals surface area contributed by atoms with Crippen molar-refractivity contribution in [3.63, 3.8) is 0 Å². The predicted molar refractivity (Wildman–Crippen MR) is 214 cm³/mol. The lowest BCUT2D eigenvalue weighted by Crippen LogP contribution is -2.41. The molecule has 2 aliphatic carbocycles.